The van der Waals surface area contributed by atoms with Gasteiger partial charge >= 0.3 is 0 Å². The number of anilines is 1. The molecule has 0 heterocycles. The van der Waals surface area contributed by atoms with E-state index >= 15 is 0 Å². The monoisotopic (exact) mass is 223 g/mol. The molecule has 0 amide bonds. The van der Waals surface area contributed by atoms with Gasteiger partial charge in [-0.15, -0.1) is 0 Å². The van der Waals surface area contributed by atoms with E-state index in [1.54, 1.807) is 18.2 Å². The van der Waals surface area contributed by atoms with E-state index in [2.05, 4.69) is 17.6 Å². The predicted octanol–water partition coefficient (Wildman–Crippen LogP) is 1.86. The fourth-order valence-corrected chi connectivity index (χ4v) is 1.49. The van der Waals surface area contributed by atoms with Crippen molar-refractivity contribution in [3.63, 3.8) is 0 Å². The van der Waals surface area contributed by atoms with Crippen molar-refractivity contribution in [3.8, 4) is 0 Å². The van der Waals surface area contributed by atoms with Crippen LogP contribution in [0.1, 0.15) is 6.92 Å². The Bertz CT molecular complexity index is 355. The zero-order valence-corrected chi connectivity index (χ0v) is 9.56. The number of para-hydroxylation sites is 2. The minimum absolute atomic E-state index is 0.124. The van der Waals surface area contributed by atoms with Gasteiger partial charge in [0.15, 0.2) is 0 Å². The molecule has 0 aliphatic carbocycles. The Balaban J connectivity index is 2.63. The van der Waals surface area contributed by atoms with Crippen molar-refractivity contribution in [3.05, 3.63) is 34.4 Å². The van der Waals surface area contributed by atoms with E-state index in [1.165, 1.54) is 6.07 Å². The molecule has 0 fully saturated rings. The van der Waals surface area contributed by atoms with Crippen molar-refractivity contribution in [2.24, 2.45) is 5.92 Å². The summed E-state index contributed by atoms with van der Waals surface area (Å²) < 4.78 is 0. The summed E-state index contributed by atoms with van der Waals surface area (Å²) in [5, 5.41) is 16.9. The first-order valence-corrected chi connectivity index (χ1v) is 5.27. The number of rotatable bonds is 6. The van der Waals surface area contributed by atoms with Crippen LogP contribution >= 0.6 is 0 Å². The molecular weight excluding hydrogens is 206 g/mol. The third kappa shape index (κ3) is 3.51. The van der Waals surface area contributed by atoms with Crippen LogP contribution < -0.4 is 10.6 Å². The fraction of sp³-hybridized carbons (Fsp3) is 0.455. The first-order valence-electron chi connectivity index (χ1n) is 5.27. The van der Waals surface area contributed by atoms with Crippen LogP contribution in [-0.4, -0.2) is 25.1 Å². The van der Waals surface area contributed by atoms with Crippen LogP contribution in [0.4, 0.5) is 11.4 Å². The van der Waals surface area contributed by atoms with Crippen molar-refractivity contribution in [1.29, 1.82) is 0 Å². The van der Waals surface area contributed by atoms with Crippen LogP contribution in [0.5, 0.6) is 0 Å². The van der Waals surface area contributed by atoms with Gasteiger partial charge in [0.05, 0.1) is 4.92 Å². The Morgan fingerprint density at radius 2 is 2.06 bits per heavy atom. The minimum atomic E-state index is -0.370. The Morgan fingerprint density at radius 3 is 2.69 bits per heavy atom. The molecule has 1 aromatic carbocycles. The van der Waals surface area contributed by atoms with Crippen molar-refractivity contribution in [2.45, 2.75) is 6.92 Å². The number of nitrogens with one attached hydrogen (secondary N) is 2. The molecule has 0 aliphatic heterocycles. The van der Waals surface area contributed by atoms with Crippen molar-refractivity contribution in [2.75, 3.05) is 25.5 Å². The Labute approximate surface area is 95.0 Å². The van der Waals surface area contributed by atoms with Crippen molar-refractivity contribution in [1.82, 2.24) is 5.32 Å². The van der Waals surface area contributed by atoms with E-state index in [0.29, 0.717) is 18.2 Å². The Morgan fingerprint density at radius 1 is 1.38 bits per heavy atom. The summed E-state index contributed by atoms with van der Waals surface area (Å²) >= 11 is 0. The summed E-state index contributed by atoms with van der Waals surface area (Å²) in [4.78, 5) is 10.4. The average molecular weight is 223 g/mol. The second-order valence-corrected chi connectivity index (χ2v) is 3.82. The molecule has 2 N–H and O–H groups in total. The first kappa shape index (κ1) is 12.4. The molecule has 5 heteroatoms. The van der Waals surface area contributed by atoms with E-state index in [9.17, 15) is 10.1 Å². The molecule has 0 saturated heterocycles. The topological polar surface area (TPSA) is 67.2 Å². The second kappa shape index (κ2) is 6.07. The molecular formula is C11H17N3O2. The van der Waals surface area contributed by atoms with Gasteiger partial charge in [-0.1, -0.05) is 19.1 Å². The van der Waals surface area contributed by atoms with Gasteiger partial charge in [0, 0.05) is 12.6 Å². The fourth-order valence-electron chi connectivity index (χ4n) is 1.49. The van der Waals surface area contributed by atoms with Crippen LogP contribution in [-0.2, 0) is 0 Å². The number of nitro groups is 1. The van der Waals surface area contributed by atoms with Crippen molar-refractivity contribution < 1.29 is 4.92 Å². The normalized spacial score (nSPS) is 12.1. The molecule has 1 unspecified atom stereocenters. The molecule has 0 aliphatic rings. The largest absolute Gasteiger partial charge is 0.379 e. The second-order valence-electron chi connectivity index (χ2n) is 3.82. The first-order chi connectivity index (χ1) is 7.65. The maximum atomic E-state index is 10.7. The van der Waals surface area contributed by atoms with Gasteiger partial charge in [-0.25, -0.2) is 0 Å². The molecule has 0 spiro atoms. The SMILES string of the molecule is CNCC(C)CNc1ccccc1[N+](=O)[O-]. The maximum absolute atomic E-state index is 10.7. The molecule has 16 heavy (non-hydrogen) atoms. The molecule has 0 aromatic heterocycles. The summed E-state index contributed by atoms with van der Waals surface area (Å²) in [6.45, 7) is 3.68. The van der Waals surface area contributed by atoms with Crippen molar-refractivity contribution >= 4 is 11.4 Å². The Kier molecular flexibility index (Phi) is 4.72. The number of nitro benzene ring substituents is 1. The molecule has 0 bridgehead atoms. The summed E-state index contributed by atoms with van der Waals surface area (Å²) in [6, 6.07) is 6.69. The lowest BCUT2D eigenvalue weighted by Crippen LogP contribution is -2.23. The smallest absolute Gasteiger partial charge is 0.292 e. The van der Waals surface area contributed by atoms with Gasteiger partial charge < -0.3 is 10.6 Å². The van der Waals surface area contributed by atoms with Gasteiger partial charge in [-0.05, 0) is 25.6 Å². The lowest BCUT2D eigenvalue weighted by Gasteiger charge is -2.12. The van der Waals surface area contributed by atoms with E-state index in [1.807, 2.05) is 7.05 Å². The van der Waals surface area contributed by atoms with E-state index in [0.717, 1.165) is 6.54 Å². The van der Waals surface area contributed by atoms with Gasteiger partial charge in [-0.3, -0.25) is 10.1 Å². The van der Waals surface area contributed by atoms with Gasteiger partial charge in [-0.2, -0.15) is 0 Å². The average Bonchev–Trinajstić information content (AvgIpc) is 2.27. The third-order valence-electron chi connectivity index (χ3n) is 2.29. The van der Waals surface area contributed by atoms with Gasteiger partial charge in [0.25, 0.3) is 5.69 Å². The Hall–Kier alpha value is -1.62. The lowest BCUT2D eigenvalue weighted by molar-refractivity contribution is -0.384. The lowest BCUT2D eigenvalue weighted by atomic mass is 10.1. The van der Waals surface area contributed by atoms with Crippen LogP contribution in [0, 0.1) is 16.0 Å². The molecule has 0 radical (unpaired) electrons. The van der Waals surface area contributed by atoms with Crippen LogP contribution in [0.3, 0.4) is 0 Å². The quantitative estimate of drug-likeness (QED) is 0.570. The summed E-state index contributed by atoms with van der Waals surface area (Å²) in [5.74, 6) is 0.421. The van der Waals surface area contributed by atoms with E-state index < -0.39 is 0 Å². The molecule has 1 atom stereocenters. The van der Waals surface area contributed by atoms with E-state index in [4.69, 9.17) is 0 Å². The number of hydrogen-bond acceptors (Lipinski definition) is 4. The molecule has 0 saturated carbocycles. The highest BCUT2D eigenvalue weighted by Gasteiger charge is 2.12. The third-order valence-corrected chi connectivity index (χ3v) is 2.29. The zero-order valence-electron chi connectivity index (χ0n) is 9.56. The molecule has 1 aromatic rings. The highest BCUT2D eigenvalue weighted by atomic mass is 16.6. The summed E-state index contributed by atoms with van der Waals surface area (Å²) in [6.07, 6.45) is 0. The number of hydrogen-bond donors (Lipinski definition) is 2. The maximum Gasteiger partial charge on any atom is 0.292 e. The summed E-state index contributed by atoms with van der Waals surface area (Å²) in [7, 11) is 1.89. The molecule has 1 rings (SSSR count). The molecule has 5 nitrogen and oxygen atoms in total. The molecule has 88 valence electrons. The predicted molar refractivity (Wildman–Crippen MR) is 64.7 cm³/mol. The number of nitrogens with zero attached hydrogens (tertiary/aromatic N) is 1. The van der Waals surface area contributed by atoms with Crippen LogP contribution in [0.25, 0.3) is 0 Å². The standard InChI is InChI=1S/C11H17N3O2/c1-9(7-12-2)8-13-10-5-3-4-6-11(10)14(15)16/h3-6,9,12-13H,7-8H2,1-2H3. The van der Waals surface area contributed by atoms with Crippen LogP contribution in [0.2, 0.25) is 0 Å². The van der Waals surface area contributed by atoms with Gasteiger partial charge in [0.1, 0.15) is 5.69 Å². The number of benzene rings is 1. The minimum Gasteiger partial charge on any atom is -0.379 e. The summed E-state index contributed by atoms with van der Waals surface area (Å²) in [5.41, 5.74) is 0.703. The highest BCUT2D eigenvalue weighted by molar-refractivity contribution is 5.61. The van der Waals surface area contributed by atoms with Crippen LogP contribution in [0.15, 0.2) is 24.3 Å². The zero-order chi connectivity index (χ0) is 12.0. The highest BCUT2D eigenvalue weighted by Crippen LogP contribution is 2.23. The van der Waals surface area contributed by atoms with E-state index in [-0.39, 0.29) is 10.6 Å². The van der Waals surface area contributed by atoms with Gasteiger partial charge in [0.2, 0.25) is 0 Å².